The van der Waals surface area contributed by atoms with Crippen molar-refractivity contribution < 1.29 is 24.9 Å². The maximum Gasteiger partial charge on any atom is 0.335 e. The van der Waals surface area contributed by atoms with Gasteiger partial charge in [0, 0.05) is 25.9 Å². The molecule has 1 saturated heterocycles. The van der Waals surface area contributed by atoms with Gasteiger partial charge in [-0.1, -0.05) is 12.1 Å². The van der Waals surface area contributed by atoms with E-state index in [1.165, 1.54) is 12.1 Å². The molecule has 1 aliphatic heterocycles. The zero-order valence-corrected chi connectivity index (χ0v) is 11.0. The van der Waals surface area contributed by atoms with Crippen molar-refractivity contribution in [2.75, 3.05) is 13.1 Å². The number of phenols is 1. The second kappa shape index (κ2) is 5.50. The van der Waals surface area contributed by atoms with Crippen molar-refractivity contribution in [2.45, 2.75) is 24.9 Å². The highest BCUT2D eigenvalue weighted by molar-refractivity contribution is 5.80. The fraction of sp³-hybridized carbons (Fsp3) is 0.429. The minimum Gasteiger partial charge on any atom is -0.508 e. The Balaban J connectivity index is 1.92. The van der Waals surface area contributed by atoms with Crippen LogP contribution in [0.3, 0.4) is 0 Å². The fourth-order valence-electron chi connectivity index (χ4n) is 2.24. The number of hydrogen-bond donors (Lipinski definition) is 3. The van der Waals surface area contributed by atoms with E-state index in [9.17, 15) is 19.8 Å². The molecule has 0 radical (unpaired) electrons. The molecule has 0 aliphatic carbocycles. The number of rotatable bonds is 3. The Kier molecular flexibility index (Phi) is 3.94. The summed E-state index contributed by atoms with van der Waals surface area (Å²) in [6.07, 6.45) is 0.291. The van der Waals surface area contributed by atoms with Crippen LogP contribution in [0.5, 0.6) is 5.75 Å². The average Bonchev–Trinajstić information content (AvgIpc) is 2.42. The molecule has 1 aromatic carbocycles. The first-order valence-electron chi connectivity index (χ1n) is 6.42. The van der Waals surface area contributed by atoms with Gasteiger partial charge in [0.15, 0.2) is 5.60 Å². The number of nitrogens with zero attached hydrogens (tertiary/aromatic N) is 1. The third-order valence-electron chi connectivity index (χ3n) is 3.63. The van der Waals surface area contributed by atoms with Crippen molar-refractivity contribution in [3.8, 4) is 5.75 Å². The molecule has 1 heterocycles. The molecule has 1 aromatic rings. The van der Waals surface area contributed by atoms with Gasteiger partial charge in [-0.2, -0.15) is 0 Å². The third kappa shape index (κ3) is 3.08. The maximum atomic E-state index is 12.1. The van der Waals surface area contributed by atoms with E-state index in [1.807, 2.05) is 0 Å². The van der Waals surface area contributed by atoms with E-state index in [0.29, 0.717) is 0 Å². The van der Waals surface area contributed by atoms with E-state index >= 15 is 0 Å². The molecular formula is C14H17NO5. The van der Waals surface area contributed by atoms with Gasteiger partial charge in [-0.15, -0.1) is 0 Å². The predicted octanol–water partition coefficient (Wildman–Crippen LogP) is 0.373. The molecule has 1 amide bonds. The summed E-state index contributed by atoms with van der Waals surface area (Å²) in [7, 11) is 0. The highest BCUT2D eigenvalue weighted by Gasteiger charge is 2.40. The number of amides is 1. The summed E-state index contributed by atoms with van der Waals surface area (Å²) in [5.41, 5.74) is -0.929. The number of aromatic hydroxyl groups is 1. The molecule has 0 spiro atoms. The molecule has 1 fully saturated rings. The Hall–Kier alpha value is -2.08. The van der Waals surface area contributed by atoms with E-state index in [-0.39, 0.29) is 44.0 Å². The third-order valence-corrected chi connectivity index (χ3v) is 3.63. The molecule has 0 saturated carbocycles. The van der Waals surface area contributed by atoms with Gasteiger partial charge in [0.1, 0.15) is 5.75 Å². The summed E-state index contributed by atoms with van der Waals surface area (Å²) in [5, 5.41) is 27.9. The highest BCUT2D eigenvalue weighted by Crippen LogP contribution is 2.23. The number of benzene rings is 1. The smallest absolute Gasteiger partial charge is 0.335 e. The monoisotopic (exact) mass is 279 g/mol. The number of carboxylic acid groups (broad SMARTS) is 1. The van der Waals surface area contributed by atoms with Crippen LogP contribution in [0.4, 0.5) is 0 Å². The van der Waals surface area contributed by atoms with Crippen LogP contribution in [-0.4, -0.2) is 50.8 Å². The lowest BCUT2D eigenvalue weighted by Gasteiger charge is -2.35. The van der Waals surface area contributed by atoms with Gasteiger partial charge in [0.05, 0.1) is 6.42 Å². The number of aliphatic hydroxyl groups is 1. The molecular weight excluding hydrogens is 262 g/mol. The number of hydrogen-bond acceptors (Lipinski definition) is 4. The number of phenolic OH excluding ortho intramolecular Hbond substituents is 1. The second-order valence-electron chi connectivity index (χ2n) is 5.06. The normalized spacial score (nSPS) is 17.8. The Labute approximate surface area is 116 Å². The van der Waals surface area contributed by atoms with Crippen LogP contribution in [0.25, 0.3) is 0 Å². The first kappa shape index (κ1) is 14.3. The molecule has 1 aliphatic rings. The van der Waals surface area contributed by atoms with Gasteiger partial charge in [0.2, 0.25) is 5.91 Å². The summed E-state index contributed by atoms with van der Waals surface area (Å²) in [4.78, 5) is 24.5. The predicted molar refractivity (Wildman–Crippen MR) is 70.2 cm³/mol. The van der Waals surface area contributed by atoms with Crippen LogP contribution in [0.1, 0.15) is 18.4 Å². The van der Waals surface area contributed by atoms with Crippen molar-refractivity contribution in [2.24, 2.45) is 0 Å². The number of aliphatic carboxylic acids is 1. The number of carboxylic acids is 1. The van der Waals surface area contributed by atoms with E-state index in [1.54, 1.807) is 17.0 Å². The lowest BCUT2D eigenvalue weighted by atomic mass is 9.91. The molecule has 20 heavy (non-hydrogen) atoms. The largest absolute Gasteiger partial charge is 0.508 e. The summed E-state index contributed by atoms with van der Waals surface area (Å²) in [6, 6.07) is 6.37. The summed E-state index contributed by atoms with van der Waals surface area (Å²) in [6.45, 7) is 0.472. The van der Waals surface area contributed by atoms with E-state index in [4.69, 9.17) is 5.11 Å². The van der Waals surface area contributed by atoms with Crippen LogP contribution in [-0.2, 0) is 16.0 Å². The quantitative estimate of drug-likeness (QED) is 0.742. The molecule has 0 aromatic heterocycles. The Morgan fingerprint density at radius 2 is 1.70 bits per heavy atom. The van der Waals surface area contributed by atoms with Crippen LogP contribution >= 0.6 is 0 Å². The van der Waals surface area contributed by atoms with E-state index in [2.05, 4.69) is 0 Å². The first-order valence-corrected chi connectivity index (χ1v) is 6.42. The van der Waals surface area contributed by atoms with Crippen LogP contribution < -0.4 is 0 Å². The minimum atomic E-state index is -1.71. The van der Waals surface area contributed by atoms with Crippen molar-refractivity contribution in [1.82, 2.24) is 4.90 Å². The molecule has 0 bridgehead atoms. The maximum absolute atomic E-state index is 12.1. The average molecular weight is 279 g/mol. The first-order chi connectivity index (χ1) is 9.40. The second-order valence-corrected chi connectivity index (χ2v) is 5.06. The van der Waals surface area contributed by atoms with Gasteiger partial charge in [-0.3, -0.25) is 4.79 Å². The number of piperidine rings is 1. The highest BCUT2D eigenvalue weighted by atomic mass is 16.4. The summed E-state index contributed by atoms with van der Waals surface area (Å²) >= 11 is 0. The molecule has 2 rings (SSSR count). The number of carbonyl (C=O) groups is 2. The van der Waals surface area contributed by atoms with Crippen molar-refractivity contribution in [1.29, 1.82) is 0 Å². The lowest BCUT2D eigenvalue weighted by molar-refractivity contribution is -0.165. The zero-order valence-electron chi connectivity index (χ0n) is 11.0. The van der Waals surface area contributed by atoms with Gasteiger partial charge in [-0.25, -0.2) is 4.79 Å². The van der Waals surface area contributed by atoms with Gasteiger partial charge >= 0.3 is 5.97 Å². The molecule has 108 valence electrons. The van der Waals surface area contributed by atoms with Crippen molar-refractivity contribution >= 4 is 11.9 Å². The topological polar surface area (TPSA) is 98.1 Å². The Bertz CT molecular complexity index is 503. The van der Waals surface area contributed by atoms with Crippen LogP contribution in [0.15, 0.2) is 24.3 Å². The fourth-order valence-corrected chi connectivity index (χ4v) is 2.24. The summed E-state index contributed by atoms with van der Waals surface area (Å²) in [5.74, 6) is -1.20. The lowest BCUT2D eigenvalue weighted by Crippen LogP contribution is -2.51. The minimum absolute atomic E-state index is 0.0453. The van der Waals surface area contributed by atoms with Crippen LogP contribution in [0, 0.1) is 0 Å². The van der Waals surface area contributed by atoms with E-state index in [0.717, 1.165) is 5.56 Å². The number of likely N-dealkylation sites (tertiary alicyclic amines) is 1. The SMILES string of the molecule is O=C(Cc1ccc(O)cc1)N1CCC(O)(C(=O)O)CC1. The zero-order chi connectivity index (χ0) is 14.8. The van der Waals surface area contributed by atoms with E-state index < -0.39 is 11.6 Å². The van der Waals surface area contributed by atoms with Gasteiger partial charge in [-0.05, 0) is 17.7 Å². The summed E-state index contributed by atoms with van der Waals surface area (Å²) < 4.78 is 0. The van der Waals surface area contributed by atoms with Gasteiger partial charge in [0.25, 0.3) is 0 Å². The Morgan fingerprint density at radius 1 is 1.15 bits per heavy atom. The van der Waals surface area contributed by atoms with Gasteiger partial charge < -0.3 is 20.2 Å². The standard InChI is InChI=1S/C14H17NO5/c16-11-3-1-10(2-4-11)9-12(17)15-7-5-14(20,6-8-15)13(18)19/h1-4,16,20H,5-9H2,(H,18,19). The molecule has 0 unspecified atom stereocenters. The number of carbonyl (C=O) groups excluding carboxylic acids is 1. The van der Waals surface area contributed by atoms with Crippen molar-refractivity contribution in [3.63, 3.8) is 0 Å². The van der Waals surface area contributed by atoms with Crippen molar-refractivity contribution in [3.05, 3.63) is 29.8 Å². The molecule has 6 nitrogen and oxygen atoms in total. The molecule has 3 N–H and O–H groups in total. The molecule has 6 heteroatoms. The Morgan fingerprint density at radius 3 is 2.20 bits per heavy atom. The van der Waals surface area contributed by atoms with Crippen LogP contribution in [0.2, 0.25) is 0 Å². The molecule has 0 atom stereocenters.